The Morgan fingerprint density at radius 3 is 2.20 bits per heavy atom. The zero-order valence-electron chi connectivity index (χ0n) is 7.58. The Morgan fingerprint density at radius 2 is 1.60 bits per heavy atom. The molecular weight excluding hydrogens is 232 g/mol. The monoisotopic (exact) mass is 240 g/mol. The molecule has 0 bridgehead atoms. The van der Waals surface area contributed by atoms with Gasteiger partial charge >= 0.3 is 0 Å². The van der Waals surface area contributed by atoms with Gasteiger partial charge in [0.05, 0.1) is 0 Å². The van der Waals surface area contributed by atoms with E-state index in [0.29, 0.717) is 15.7 Å². The first-order valence-electron chi connectivity index (χ1n) is 4.18. The summed E-state index contributed by atoms with van der Waals surface area (Å²) in [6.45, 7) is 0. The highest BCUT2D eigenvalue weighted by atomic mass is 32.2. The van der Waals surface area contributed by atoms with E-state index in [2.05, 4.69) is 12.6 Å². The van der Waals surface area contributed by atoms with Crippen molar-refractivity contribution in [2.75, 3.05) is 0 Å². The van der Waals surface area contributed by atoms with Crippen molar-refractivity contribution in [2.24, 2.45) is 0 Å². The average Bonchev–Trinajstić information content (AvgIpc) is 2.17. The van der Waals surface area contributed by atoms with Crippen LogP contribution in [-0.2, 0) is 10.1 Å². The summed E-state index contributed by atoms with van der Waals surface area (Å²) < 4.78 is 31.2. The van der Waals surface area contributed by atoms with Gasteiger partial charge in [0.2, 0.25) is 0 Å². The molecule has 15 heavy (non-hydrogen) atoms. The second-order valence-electron chi connectivity index (χ2n) is 3.10. The largest absolute Gasteiger partial charge is 0.295 e. The van der Waals surface area contributed by atoms with E-state index in [0.717, 1.165) is 0 Å². The summed E-state index contributed by atoms with van der Waals surface area (Å²) in [5.74, 6) is 0. The van der Waals surface area contributed by atoms with Crippen molar-refractivity contribution in [1.29, 1.82) is 0 Å². The maximum absolute atomic E-state index is 11.1. The third-order valence-corrected chi connectivity index (χ3v) is 3.44. The summed E-state index contributed by atoms with van der Waals surface area (Å²) in [6.07, 6.45) is 0. The Balaban J connectivity index is 2.96. The number of fused-ring (bicyclic) bond motifs is 1. The number of benzene rings is 2. The van der Waals surface area contributed by atoms with E-state index in [4.69, 9.17) is 4.55 Å². The van der Waals surface area contributed by atoms with E-state index in [1.165, 1.54) is 6.07 Å². The molecule has 0 saturated heterocycles. The zero-order chi connectivity index (χ0) is 11.1. The maximum Gasteiger partial charge on any atom is 0.295 e. The van der Waals surface area contributed by atoms with E-state index in [1.807, 2.05) is 0 Å². The summed E-state index contributed by atoms with van der Waals surface area (Å²) >= 11 is 4.22. The zero-order valence-corrected chi connectivity index (χ0v) is 9.29. The molecular formula is C10H8O3S2. The SMILES string of the molecule is O=S(=O)(O)c1ccc(S)c2ccccc12. The van der Waals surface area contributed by atoms with Gasteiger partial charge < -0.3 is 0 Å². The minimum Gasteiger partial charge on any atom is -0.282 e. The smallest absolute Gasteiger partial charge is 0.282 e. The van der Waals surface area contributed by atoms with Gasteiger partial charge in [0.25, 0.3) is 10.1 Å². The standard InChI is InChI=1S/C10H8O3S2/c11-15(12,13)10-6-5-9(14)7-3-1-2-4-8(7)10/h1-6,14H,(H,11,12,13). The van der Waals surface area contributed by atoms with E-state index >= 15 is 0 Å². The molecule has 0 aliphatic rings. The van der Waals surface area contributed by atoms with Crippen LogP contribution in [0.2, 0.25) is 0 Å². The molecule has 2 aromatic rings. The lowest BCUT2D eigenvalue weighted by Crippen LogP contribution is -1.98. The normalized spacial score (nSPS) is 11.9. The van der Waals surface area contributed by atoms with Crippen molar-refractivity contribution in [3.05, 3.63) is 36.4 Å². The fourth-order valence-electron chi connectivity index (χ4n) is 1.48. The molecule has 0 saturated carbocycles. The first kappa shape index (κ1) is 10.5. The van der Waals surface area contributed by atoms with Crippen LogP contribution in [0, 0.1) is 0 Å². The van der Waals surface area contributed by atoms with Gasteiger partial charge in [-0.2, -0.15) is 8.42 Å². The third kappa shape index (κ3) is 1.86. The molecule has 0 radical (unpaired) electrons. The number of thiol groups is 1. The second-order valence-corrected chi connectivity index (χ2v) is 4.98. The molecule has 0 atom stereocenters. The topological polar surface area (TPSA) is 54.4 Å². The van der Waals surface area contributed by atoms with Gasteiger partial charge in [-0.3, -0.25) is 4.55 Å². The minimum absolute atomic E-state index is 0.0871. The van der Waals surface area contributed by atoms with Crippen LogP contribution in [0.3, 0.4) is 0 Å². The highest BCUT2D eigenvalue weighted by molar-refractivity contribution is 7.86. The van der Waals surface area contributed by atoms with Crippen molar-refractivity contribution in [2.45, 2.75) is 9.79 Å². The van der Waals surface area contributed by atoms with Crippen LogP contribution in [-0.4, -0.2) is 13.0 Å². The third-order valence-electron chi connectivity index (χ3n) is 2.14. The maximum atomic E-state index is 11.1. The number of hydrogen-bond donors (Lipinski definition) is 2. The first-order chi connectivity index (χ1) is 7.00. The van der Waals surface area contributed by atoms with Gasteiger partial charge in [0.15, 0.2) is 0 Å². The van der Waals surface area contributed by atoms with Gasteiger partial charge in [-0.05, 0) is 17.5 Å². The van der Waals surface area contributed by atoms with Gasteiger partial charge in [-0.15, -0.1) is 12.6 Å². The molecule has 0 fully saturated rings. The molecule has 0 aliphatic carbocycles. The Hall–Kier alpha value is -1.04. The van der Waals surface area contributed by atoms with E-state index in [1.54, 1.807) is 30.3 Å². The van der Waals surface area contributed by atoms with Crippen molar-refractivity contribution in [3.63, 3.8) is 0 Å². The second kappa shape index (κ2) is 3.52. The van der Waals surface area contributed by atoms with Crippen molar-refractivity contribution in [1.82, 2.24) is 0 Å². The van der Waals surface area contributed by atoms with Crippen molar-refractivity contribution in [3.8, 4) is 0 Å². The van der Waals surface area contributed by atoms with Crippen LogP contribution in [0.4, 0.5) is 0 Å². The summed E-state index contributed by atoms with van der Waals surface area (Å²) in [5.41, 5.74) is 0. The highest BCUT2D eigenvalue weighted by Crippen LogP contribution is 2.27. The molecule has 0 spiro atoms. The number of rotatable bonds is 1. The predicted octanol–water partition coefficient (Wildman–Crippen LogP) is 2.38. The lowest BCUT2D eigenvalue weighted by molar-refractivity contribution is 0.484. The van der Waals surface area contributed by atoms with Crippen LogP contribution >= 0.6 is 12.6 Å². The molecule has 5 heteroatoms. The van der Waals surface area contributed by atoms with Gasteiger partial charge in [-0.1, -0.05) is 24.3 Å². The quantitative estimate of drug-likeness (QED) is 0.594. The van der Waals surface area contributed by atoms with Gasteiger partial charge in [-0.25, -0.2) is 0 Å². The average molecular weight is 240 g/mol. The molecule has 78 valence electrons. The molecule has 0 heterocycles. The first-order valence-corrected chi connectivity index (χ1v) is 6.07. The summed E-state index contributed by atoms with van der Waals surface area (Å²) in [4.78, 5) is 0.592. The van der Waals surface area contributed by atoms with Crippen LogP contribution in [0.1, 0.15) is 0 Å². The van der Waals surface area contributed by atoms with Crippen LogP contribution in [0.15, 0.2) is 46.2 Å². The molecule has 1 N–H and O–H groups in total. The Morgan fingerprint density at radius 1 is 1.00 bits per heavy atom. The predicted molar refractivity (Wildman–Crippen MR) is 61.0 cm³/mol. The summed E-state index contributed by atoms with van der Waals surface area (Å²) in [6, 6.07) is 9.79. The molecule has 0 amide bonds. The van der Waals surface area contributed by atoms with E-state index < -0.39 is 10.1 Å². The molecule has 2 aromatic carbocycles. The Kier molecular flexibility index (Phi) is 2.46. The van der Waals surface area contributed by atoms with Crippen LogP contribution in [0.5, 0.6) is 0 Å². The molecule has 0 aliphatic heterocycles. The van der Waals surface area contributed by atoms with Gasteiger partial charge in [0.1, 0.15) is 4.90 Å². The fraction of sp³-hybridized carbons (Fsp3) is 0. The van der Waals surface area contributed by atoms with Gasteiger partial charge in [0, 0.05) is 10.3 Å². The van der Waals surface area contributed by atoms with Crippen LogP contribution in [0.25, 0.3) is 10.8 Å². The lowest BCUT2D eigenvalue weighted by Gasteiger charge is -2.05. The Labute approximate surface area is 92.9 Å². The number of hydrogen-bond acceptors (Lipinski definition) is 3. The molecule has 2 rings (SSSR count). The Bertz CT molecular complexity index is 618. The summed E-state index contributed by atoms with van der Waals surface area (Å²) in [7, 11) is -4.18. The summed E-state index contributed by atoms with van der Waals surface area (Å²) in [5, 5.41) is 1.18. The van der Waals surface area contributed by atoms with Crippen LogP contribution < -0.4 is 0 Å². The fourth-order valence-corrected chi connectivity index (χ4v) is 2.45. The molecule has 0 unspecified atom stereocenters. The van der Waals surface area contributed by atoms with E-state index in [9.17, 15) is 8.42 Å². The minimum atomic E-state index is -4.18. The van der Waals surface area contributed by atoms with E-state index in [-0.39, 0.29) is 4.90 Å². The molecule has 0 aromatic heterocycles. The van der Waals surface area contributed by atoms with Crippen molar-refractivity contribution >= 4 is 33.5 Å². The lowest BCUT2D eigenvalue weighted by atomic mass is 10.1. The molecule has 3 nitrogen and oxygen atoms in total. The van der Waals surface area contributed by atoms with Crippen molar-refractivity contribution < 1.29 is 13.0 Å². The highest BCUT2D eigenvalue weighted by Gasteiger charge is 2.14.